The predicted molar refractivity (Wildman–Crippen MR) is 72.8 cm³/mol. The fourth-order valence-electron chi connectivity index (χ4n) is 2.06. The zero-order chi connectivity index (χ0) is 13.9. The van der Waals surface area contributed by atoms with Crippen LogP contribution in [-0.2, 0) is 7.05 Å². The molecule has 1 amide bonds. The Morgan fingerprint density at radius 1 is 1.61 bits per heavy atom. The number of hydrogen-bond acceptors (Lipinski definition) is 2. The van der Waals surface area contributed by atoms with Crippen LogP contribution in [-0.4, -0.2) is 27.7 Å². The first-order chi connectivity index (χ1) is 8.21. The van der Waals surface area contributed by atoms with Crippen LogP contribution in [0, 0.1) is 5.92 Å². The van der Waals surface area contributed by atoms with Crippen LogP contribution in [0.3, 0.4) is 0 Å². The molecule has 1 heterocycles. The van der Waals surface area contributed by atoms with E-state index >= 15 is 0 Å². The van der Waals surface area contributed by atoms with Gasteiger partial charge in [0.1, 0.15) is 5.69 Å². The number of rotatable bonds is 5. The topological polar surface area (TPSA) is 54.3 Å². The normalized spacial score (nSPS) is 14.6. The largest absolute Gasteiger partial charge is 0.388 e. The molecule has 0 saturated carbocycles. The van der Waals surface area contributed by atoms with Gasteiger partial charge in [-0.15, -0.1) is 0 Å². The summed E-state index contributed by atoms with van der Waals surface area (Å²) in [6, 6.07) is 1.61. The molecule has 2 N–H and O–H groups in total. The van der Waals surface area contributed by atoms with E-state index in [1.165, 1.54) is 0 Å². The molecule has 0 aliphatic heterocycles. The van der Waals surface area contributed by atoms with E-state index in [2.05, 4.69) is 5.32 Å². The molecule has 0 aromatic carbocycles. The van der Waals surface area contributed by atoms with Crippen molar-refractivity contribution in [3.63, 3.8) is 0 Å². The van der Waals surface area contributed by atoms with Gasteiger partial charge >= 0.3 is 0 Å². The van der Waals surface area contributed by atoms with E-state index in [1.54, 1.807) is 30.8 Å². The molecular formula is C13H21ClN2O2. The fourth-order valence-corrected chi connectivity index (χ4v) is 2.31. The van der Waals surface area contributed by atoms with Crippen LogP contribution < -0.4 is 5.32 Å². The van der Waals surface area contributed by atoms with E-state index in [0.717, 1.165) is 0 Å². The number of nitrogens with one attached hydrogen (secondary N) is 1. The SMILES string of the molecule is CC(C)CC(C)(O)CNC(=O)c1cc(Cl)cn1C. The second-order valence-electron chi connectivity index (χ2n) is 5.43. The molecule has 1 unspecified atom stereocenters. The molecule has 4 nitrogen and oxygen atoms in total. The van der Waals surface area contributed by atoms with Gasteiger partial charge in [0.25, 0.3) is 5.91 Å². The summed E-state index contributed by atoms with van der Waals surface area (Å²) in [7, 11) is 1.76. The highest BCUT2D eigenvalue weighted by Gasteiger charge is 2.23. The third-order valence-corrected chi connectivity index (χ3v) is 2.89. The van der Waals surface area contributed by atoms with Gasteiger partial charge in [0, 0.05) is 19.8 Å². The van der Waals surface area contributed by atoms with Gasteiger partial charge in [0.15, 0.2) is 0 Å². The number of carbonyl (C=O) groups excluding carboxylic acids is 1. The number of amides is 1. The molecule has 1 aromatic rings. The monoisotopic (exact) mass is 272 g/mol. The van der Waals surface area contributed by atoms with Crippen molar-refractivity contribution in [3.8, 4) is 0 Å². The highest BCUT2D eigenvalue weighted by atomic mass is 35.5. The molecule has 0 fully saturated rings. The van der Waals surface area contributed by atoms with Crippen molar-refractivity contribution in [2.24, 2.45) is 13.0 Å². The van der Waals surface area contributed by atoms with Gasteiger partial charge in [0.2, 0.25) is 0 Å². The summed E-state index contributed by atoms with van der Waals surface area (Å²) in [5.41, 5.74) is -0.404. The number of hydrogen-bond donors (Lipinski definition) is 2. The number of aliphatic hydroxyl groups is 1. The number of halogens is 1. The maximum absolute atomic E-state index is 11.9. The molecule has 1 atom stereocenters. The molecule has 1 rings (SSSR count). The van der Waals surface area contributed by atoms with Crippen molar-refractivity contribution < 1.29 is 9.90 Å². The lowest BCUT2D eigenvalue weighted by Crippen LogP contribution is -2.41. The molecule has 5 heteroatoms. The highest BCUT2D eigenvalue weighted by molar-refractivity contribution is 6.31. The Balaban J connectivity index is 2.59. The van der Waals surface area contributed by atoms with Crippen LogP contribution in [0.4, 0.5) is 0 Å². The van der Waals surface area contributed by atoms with Crippen molar-refractivity contribution >= 4 is 17.5 Å². The van der Waals surface area contributed by atoms with Gasteiger partial charge in [-0.1, -0.05) is 25.4 Å². The van der Waals surface area contributed by atoms with Crippen molar-refractivity contribution in [1.82, 2.24) is 9.88 Å². The fraction of sp³-hybridized carbons (Fsp3) is 0.615. The summed E-state index contributed by atoms with van der Waals surface area (Å²) in [5.74, 6) is 0.148. The average molecular weight is 273 g/mol. The number of aryl methyl sites for hydroxylation is 1. The Hall–Kier alpha value is -1.00. The molecule has 0 saturated heterocycles. The molecule has 0 radical (unpaired) electrons. The second kappa shape index (κ2) is 5.76. The first kappa shape index (κ1) is 15.1. The predicted octanol–water partition coefficient (Wildman–Crippen LogP) is 2.21. The minimum absolute atomic E-state index is 0.228. The molecule has 0 aliphatic rings. The smallest absolute Gasteiger partial charge is 0.268 e. The summed E-state index contributed by atoms with van der Waals surface area (Å²) in [6.45, 7) is 6.03. The van der Waals surface area contributed by atoms with Crippen LogP contribution in [0.1, 0.15) is 37.7 Å². The third-order valence-electron chi connectivity index (χ3n) is 2.68. The zero-order valence-corrected chi connectivity index (χ0v) is 12.1. The number of carbonyl (C=O) groups is 1. The summed E-state index contributed by atoms with van der Waals surface area (Å²) in [4.78, 5) is 11.9. The maximum Gasteiger partial charge on any atom is 0.268 e. The van der Waals surface area contributed by atoms with Gasteiger partial charge in [0.05, 0.1) is 10.6 Å². The van der Waals surface area contributed by atoms with Gasteiger partial charge in [-0.2, -0.15) is 0 Å². The van der Waals surface area contributed by atoms with E-state index in [4.69, 9.17) is 11.6 Å². The van der Waals surface area contributed by atoms with E-state index in [9.17, 15) is 9.90 Å². The summed E-state index contributed by atoms with van der Waals surface area (Å²) in [6.07, 6.45) is 2.31. The first-order valence-corrected chi connectivity index (χ1v) is 6.41. The molecule has 0 bridgehead atoms. The minimum Gasteiger partial charge on any atom is -0.388 e. The lowest BCUT2D eigenvalue weighted by molar-refractivity contribution is 0.0367. The van der Waals surface area contributed by atoms with Gasteiger partial charge in [-0.3, -0.25) is 4.79 Å². The Morgan fingerprint density at radius 3 is 2.67 bits per heavy atom. The lowest BCUT2D eigenvalue weighted by Gasteiger charge is -2.25. The van der Waals surface area contributed by atoms with Gasteiger partial charge in [-0.05, 0) is 25.3 Å². The van der Waals surface area contributed by atoms with Gasteiger partial charge < -0.3 is 15.0 Å². The summed E-state index contributed by atoms with van der Waals surface area (Å²) < 4.78 is 1.66. The molecular weight excluding hydrogens is 252 g/mol. The molecule has 1 aromatic heterocycles. The lowest BCUT2D eigenvalue weighted by atomic mass is 9.94. The van der Waals surface area contributed by atoms with Crippen LogP contribution in [0.25, 0.3) is 0 Å². The van der Waals surface area contributed by atoms with Gasteiger partial charge in [-0.25, -0.2) is 0 Å². The van der Waals surface area contributed by atoms with Crippen LogP contribution in [0.5, 0.6) is 0 Å². The Morgan fingerprint density at radius 2 is 2.22 bits per heavy atom. The van der Waals surface area contributed by atoms with Crippen molar-refractivity contribution in [1.29, 1.82) is 0 Å². The molecule has 0 aliphatic carbocycles. The quantitative estimate of drug-likeness (QED) is 0.863. The van der Waals surface area contributed by atoms with Crippen LogP contribution >= 0.6 is 11.6 Å². The highest BCUT2D eigenvalue weighted by Crippen LogP contribution is 2.16. The van der Waals surface area contributed by atoms with Crippen LogP contribution in [0.15, 0.2) is 12.3 Å². The Bertz CT molecular complexity index is 425. The first-order valence-electron chi connectivity index (χ1n) is 6.04. The van der Waals surface area contributed by atoms with E-state index in [-0.39, 0.29) is 12.5 Å². The third kappa shape index (κ3) is 4.35. The number of aromatic nitrogens is 1. The molecule has 102 valence electrons. The zero-order valence-electron chi connectivity index (χ0n) is 11.3. The summed E-state index contributed by atoms with van der Waals surface area (Å²) in [5, 5.41) is 13.4. The molecule has 18 heavy (non-hydrogen) atoms. The Kier molecular flexibility index (Phi) is 4.82. The van der Waals surface area contributed by atoms with Crippen molar-refractivity contribution in [2.45, 2.75) is 32.8 Å². The Labute approximate surface area is 113 Å². The number of nitrogens with zero attached hydrogens (tertiary/aromatic N) is 1. The average Bonchev–Trinajstić information content (AvgIpc) is 2.52. The van der Waals surface area contributed by atoms with Crippen molar-refractivity contribution in [3.05, 3.63) is 23.0 Å². The standard InChI is InChI=1S/C13H21ClN2O2/c1-9(2)6-13(3,18)8-15-12(17)11-5-10(14)7-16(11)4/h5,7,9,18H,6,8H2,1-4H3,(H,15,17). The van der Waals surface area contributed by atoms with Crippen molar-refractivity contribution in [2.75, 3.05) is 6.54 Å². The summed E-state index contributed by atoms with van der Waals surface area (Å²) >= 11 is 5.82. The van der Waals surface area contributed by atoms with E-state index in [0.29, 0.717) is 23.1 Å². The van der Waals surface area contributed by atoms with E-state index < -0.39 is 5.60 Å². The second-order valence-corrected chi connectivity index (χ2v) is 5.87. The van der Waals surface area contributed by atoms with E-state index in [1.807, 2.05) is 13.8 Å². The molecule has 0 spiro atoms. The van der Waals surface area contributed by atoms with Crippen LogP contribution in [0.2, 0.25) is 5.02 Å². The maximum atomic E-state index is 11.9. The minimum atomic E-state index is -0.890.